The fourth-order valence-electron chi connectivity index (χ4n) is 2.65. The van der Waals surface area contributed by atoms with Gasteiger partial charge >= 0.3 is 0 Å². The van der Waals surface area contributed by atoms with Crippen LogP contribution in [0.1, 0.15) is 18.9 Å². The SMILES string of the molecule is COc1ccc2nc(N)n(C3CCC(=O)N(C)C3)c2n1. The quantitative estimate of drug-likeness (QED) is 0.876. The second kappa shape index (κ2) is 4.66. The molecule has 3 heterocycles. The summed E-state index contributed by atoms with van der Waals surface area (Å²) in [5.74, 6) is 1.11. The molecular weight excluding hydrogens is 258 g/mol. The number of ether oxygens (including phenoxy) is 1. The highest BCUT2D eigenvalue weighted by atomic mass is 16.5. The molecule has 0 bridgehead atoms. The Morgan fingerprint density at radius 3 is 2.90 bits per heavy atom. The molecule has 0 aromatic carbocycles. The number of aromatic nitrogens is 3. The number of methoxy groups -OCH3 is 1. The lowest BCUT2D eigenvalue weighted by Gasteiger charge is -2.30. The van der Waals surface area contributed by atoms with Crippen molar-refractivity contribution in [1.82, 2.24) is 19.4 Å². The van der Waals surface area contributed by atoms with E-state index in [1.54, 1.807) is 25.1 Å². The number of anilines is 1. The van der Waals surface area contributed by atoms with Crippen molar-refractivity contribution in [1.29, 1.82) is 0 Å². The number of rotatable bonds is 2. The number of pyridine rings is 1. The Balaban J connectivity index is 2.06. The molecule has 1 unspecified atom stereocenters. The molecule has 1 aliphatic rings. The first-order chi connectivity index (χ1) is 9.60. The van der Waals surface area contributed by atoms with Crippen LogP contribution in [0.25, 0.3) is 11.2 Å². The highest BCUT2D eigenvalue weighted by molar-refractivity contribution is 5.78. The van der Waals surface area contributed by atoms with Gasteiger partial charge in [0, 0.05) is 26.1 Å². The van der Waals surface area contributed by atoms with Gasteiger partial charge in [-0.1, -0.05) is 0 Å². The zero-order chi connectivity index (χ0) is 14.3. The molecule has 1 saturated heterocycles. The van der Waals surface area contributed by atoms with Crippen LogP contribution in [-0.2, 0) is 4.79 Å². The molecule has 7 nitrogen and oxygen atoms in total. The van der Waals surface area contributed by atoms with Crippen molar-refractivity contribution in [3.05, 3.63) is 12.1 Å². The van der Waals surface area contributed by atoms with E-state index in [0.29, 0.717) is 30.4 Å². The maximum atomic E-state index is 11.6. The molecule has 0 saturated carbocycles. The number of hydrogen-bond acceptors (Lipinski definition) is 5. The van der Waals surface area contributed by atoms with Gasteiger partial charge < -0.3 is 15.4 Å². The molecule has 2 aromatic heterocycles. The van der Waals surface area contributed by atoms with Crippen LogP contribution in [0.2, 0.25) is 0 Å². The number of nitrogen functional groups attached to an aromatic ring is 1. The van der Waals surface area contributed by atoms with Crippen LogP contribution < -0.4 is 10.5 Å². The number of likely N-dealkylation sites (N-methyl/N-ethyl adjacent to an activating group) is 1. The van der Waals surface area contributed by atoms with Gasteiger partial charge in [0.1, 0.15) is 5.52 Å². The summed E-state index contributed by atoms with van der Waals surface area (Å²) in [6, 6.07) is 3.70. The summed E-state index contributed by atoms with van der Waals surface area (Å²) in [6.45, 7) is 0.618. The molecule has 3 rings (SSSR count). The molecule has 2 aromatic rings. The molecule has 1 aliphatic heterocycles. The Bertz CT molecular complexity index is 666. The van der Waals surface area contributed by atoms with Crippen LogP contribution in [0.5, 0.6) is 5.88 Å². The predicted octanol–water partition coefficient (Wildman–Crippen LogP) is 0.815. The van der Waals surface area contributed by atoms with Gasteiger partial charge in [0.2, 0.25) is 17.7 Å². The molecule has 1 fully saturated rings. The van der Waals surface area contributed by atoms with Crippen molar-refractivity contribution in [2.24, 2.45) is 0 Å². The van der Waals surface area contributed by atoms with Crippen molar-refractivity contribution >= 4 is 23.0 Å². The molecule has 106 valence electrons. The number of carbonyl (C=O) groups is 1. The summed E-state index contributed by atoms with van der Waals surface area (Å²) in [6.07, 6.45) is 1.27. The molecule has 1 amide bonds. The molecule has 0 radical (unpaired) electrons. The van der Waals surface area contributed by atoms with Crippen LogP contribution in [0.3, 0.4) is 0 Å². The van der Waals surface area contributed by atoms with E-state index in [1.807, 2.05) is 10.6 Å². The number of fused-ring (bicyclic) bond motifs is 1. The summed E-state index contributed by atoms with van der Waals surface area (Å²) < 4.78 is 7.06. The average Bonchev–Trinajstić information content (AvgIpc) is 2.77. The van der Waals surface area contributed by atoms with Crippen molar-refractivity contribution in [3.63, 3.8) is 0 Å². The first-order valence-electron chi connectivity index (χ1n) is 6.52. The van der Waals surface area contributed by atoms with Crippen molar-refractivity contribution in [2.75, 3.05) is 26.4 Å². The van der Waals surface area contributed by atoms with Crippen LogP contribution in [-0.4, -0.2) is 46.0 Å². The maximum absolute atomic E-state index is 11.6. The van der Waals surface area contributed by atoms with E-state index < -0.39 is 0 Å². The normalized spacial score (nSPS) is 19.6. The van der Waals surface area contributed by atoms with Crippen LogP contribution in [0, 0.1) is 0 Å². The highest BCUT2D eigenvalue weighted by Gasteiger charge is 2.27. The van der Waals surface area contributed by atoms with Gasteiger partial charge in [-0.25, -0.2) is 4.98 Å². The van der Waals surface area contributed by atoms with Gasteiger partial charge in [-0.15, -0.1) is 0 Å². The first kappa shape index (κ1) is 12.7. The lowest BCUT2D eigenvalue weighted by atomic mass is 10.1. The third-order valence-electron chi connectivity index (χ3n) is 3.72. The van der Waals surface area contributed by atoms with Gasteiger partial charge in [-0.05, 0) is 12.5 Å². The van der Waals surface area contributed by atoms with Crippen LogP contribution in [0.4, 0.5) is 5.95 Å². The van der Waals surface area contributed by atoms with E-state index in [2.05, 4.69) is 9.97 Å². The number of likely N-dealkylation sites (tertiary alicyclic amines) is 1. The lowest BCUT2D eigenvalue weighted by Crippen LogP contribution is -2.38. The Hall–Kier alpha value is -2.31. The zero-order valence-corrected chi connectivity index (χ0v) is 11.5. The Kier molecular flexibility index (Phi) is 2.96. The predicted molar refractivity (Wildman–Crippen MR) is 74.4 cm³/mol. The van der Waals surface area contributed by atoms with Crippen LogP contribution in [0.15, 0.2) is 12.1 Å². The minimum atomic E-state index is 0.0994. The first-order valence-corrected chi connectivity index (χ1v) is 6.52. The largest absolute Gasteiger partial charge is 0.481 e. The number of nitrogens with zero attached hydrogens (tertiary/aromatic N) is 4. The lowest BCUT2D eigenvalue weighted by molar-refractivity contribution is -0.132. The number of nitrogens with two attached hydrogens (primary N) is 1. The number of hydrogen-bond donors (Lipinski definition) is 1. The van der Waals surface area contributed by atoms with E-state index in [-0.39, 0.29) is 11.9 Å². The second-order valence-electron chi connectivity index (χ2n) is 5.00. The van der Waals surface area contributed by atoms with Crippen molar-refractivity contribution < 1.29 is 9.53 Å². The Morgan fingerprint density at radius 1 is 1.40 bits per heavy atom. The Morgan fingerprint density at radius 2 is 2.20 bits per heavy atom. The van der Waals surface area contributed by atoms with Crippen molar-refractivity contribution in [3.8, 4) is 5.88 Å². The number of amides is 1. The molecule has 0 spiro atoms. The smallest absolute Gasteiger partial charge is 0.222 e. The van der Waals surface area contributed by atoms with Gasteiger partial charge in [-0.3, -0.25) is 9.36 Å². The summed E-state index contributed by atoms with van der Waals surface area (Å²) in [5.41, 5.74) is 7.47. The van der Waals surface area contributed by atoms with E-state index in [4.69, 9.17) is 10.5 Å². The maximum Gasteiger partial charge on any atom is 0.222 e. The number of carbonyl (C=O) groups excluding carboxylic acids is 1. The summed E-state index contributed by atoms with van der Waals surface area (Å²) in [7, 11) is 3.38. The van der Waals surface area contributed by atoms with Gasteiger partial charge in [-0.2, -0.15) is 4.98 Å². The third-order valence-corrected chi connectivity index (χ3v) is 3.72. The van der Waals surface area contributed by atoms with Crippen LogP contribution >= 0.6 is 0 Å². The molecular formula is C13H17N5O2. The van der Waals surface area contributed by atoms with Gasteiger partial charge in [0.25, 0.3) is 0 Å². The van der Waals surface area contributed by atoms with E-state index in [9.17, 15) is 4.79 Å². The van der Waals surface area contributed by atoms with Gasteiger partial charge in [0.05, 0.1) is 13.2 Å². The number of imidazole rings is 1. The van der Waals surface area contributed by atoms with Gasteiger partial charge in [0.15, 0.2) is 5.65 Å². The Labute approximate surface area is 116 Å². The number of piperidine rings is 1. The second-order valence-corrected chi connectivity index (χ2v) is 5.00. The minimum Gasteiger partial charge on any atom is -0.481 e. The monoisotopic (exact) mass is 275 g/mol. The summed E-state index contributed by atoms with van der Waals surface area (Å²) in [5, 5.41) is 0. The molecule has 2 N–H and O–H groups in total. The fraction of sp³-hybridized carbons (Fsp3) is 0.462. The van der Waals surface area contributed by atoms with E-state index in [0.717, 1.165) is 11.9 Å². The molecule has 7 heteroatoms. The van der Waals surface area contributed by atoms with Crippen molar-refractivity contribution in [2.45, 2.75) is 18.9 Å². The molecule has 1 atom stereocenters. The van der Waals surface area contributed by atoms with E-state index in [1.165, 1.54) is 0 Å². The van der Waals surface area contributed by atoms with E-state index >= 15 is 0 Å². The standard InChI is InChI=1S/C13H17N5O2/c1-17-7-8(3-6-11(17)19)18-12-9(15-13(18)14)4-5-10(16-12)20-2/h4-5,8H,3,6-7H2,1-2H3,(H2,14,15). The highest BCUT2D eigenvalue weighted by Crippen LogP contribution is 2.29. The summed E-state index contributed by atoms with van der Waals surface area (Å²) >= 11 is 0. The molecule has 20 heavy (non-hydrogen) atoms. The third kappa shape index (κ3) is 1.95. The fourth-order valence-corrected chi connectivity index (χ4v) is 2.65. The average molecular weight is 275 g/mol. The summed E-state index contributed by atoms with van der Waals surface area (Å²) in [4.78, 5) is 22.1. The topological polar surface area (TPSA) is 86.3 Å². The minimum absolute atomic E-state index is 0.0994. The zero-order valence-electron chi connectivity index (χ0n) is 11.5. The molecule has 0 aliphatic carbocycles.